The minimum atomic E-state index is -1.03. The summed E-state index contributed by atoms with van der Waals surface area (Å²) in [6.45, 7) is 3.93. The van der Waals surface area contributed by atoms with Gasteiger partial charge >= 0.3 is 5.91 Å². The van der Waals surface area contributed by atoms with Crippen LogP contribution in [0.2, 0.25) is 5.02 Å². The Balaban J connectivity index is 1.80. The predicted molar refractivity (Wildman–Crippen MR) is 151 cm³/mol. The quantitative estimate of drug-likeness (QED) is 0.169. The van der Waals surface area contributed by atoms with Crippen LogP contribution < -0.4 is 19.1 Å². The highest BCUT2D eigenvalue weighted by Crippen LogP contribution is 2.48. The van der Waals surface area contributed by atoms with Crippen molar-refractivity contribution in [1.29, 1.82) is 0 Å². The monoisotopic (exact) mass is 564 g/mol. The van der Waals surface area contributed by atoms with E-state index in [1.165, 1.54) is 37.6 Å². The van der Waals surface area contributed by atoms with Crippen molar-refractivity contribution in [1.82, 2.24) is 4.98 Å². The van der Waals surface area contributed by atoms with Crippen LogP contribution >= 0.6 is 22.9 Å². The number of aliphatic hydroxyl groups is 1. The van der Waals surface area contributed by atoms with Gasteiger partial charge in [0.2, 0.25) is 5.75 Å². The number of methoxy groups -OCH3 is 3. The Morgan fingerprint density at radius 2 is 1.62 bits per heavy atom. The van der Waals surface area contributed by atoms with E-state index in [1.807, 2.05) is 26.0 Å². The number of rotatable bonds is 6. The van der Waals surface area contributed by atoms with Gasteiger partial charge in [0.05, 0.1) is 43.2 Å². The number of Topliss-reactive ketones (excluding diaryl/α,β-unsaturated/α-hetero) is 1. The smallest absolute Gasteiger partial charge is 0.301 e. The van der Waals surface area contributed by atoms with Crippen LogP contribution in [0.25, 0.3) is 16.0 Å². The molecule has 1 aromatic heterocycles. The molecule has 0 radical (unpaired) electrons. The fourth-order valence-corrected chi connectivity index (χ4v) is 6.12. The van der Waals surface area contributed by atoms with E-state index in [0.29, 0.717) is 38.5 Å². The van der Waals surface area contributed by atoms with E-state index in [-0.39, 0.29) is 11.3 Å². The third-order valence-corrected chi connectivity index (χ3v) is 7.84. The normalized spacial score (nSPS) is 16.7. The molecular weight excluding hydrogens is 540 g/mol. The number of nitrogens with zero attached hydrogens (tertiary/aromatic N) is 2. The summed E-state index contributed by atoms with van der Waals surface area (Å²) in [6, 6.07) is 12.6. The number of hydrogen-bond acceptors (Lipinski definition) is 8. The second kappa shape index (κ2) is 10.2. The Morgan fingerprint density at radius 3 is 2.21 bits per heavy atom. The number of halogens is 1. The molecule has 1 amide bonds. The summed E-state index contributed by atoms with van der Waals surface area (Å²) in [4.78, 5) is 33.3. The van der Waals surface area contributed by atoms with Gasteiger partial charge in [-0.2, -0.15) is 0 Å². The fraction of sp³-hybridized carbons (Fsp3) is 0.207. The van der Waals surface area contributed by atoms with Crippen molar-refractivity contribution >= 4 is 55.7 Å². The van der Waals surface area contributed by atoms with Crippen LogP contribution in [-0.2, 0) is 9.59 Å². The number of aliphatic hydroxyl groups excluding tert-OH is 1. The lowest BCUT2D eigenvalue weighted by atomic mass is 9.95. The highest BCUT2D eigenvalue weighted by molar-refractivity contribution is 7.22. The summed E-state index contributed by atoms with van der Waals surface area (Å²) < 4.78 is 17.4. The summed E-state index contributed by atoms with van der Waals surface area (Å²) in [5.74, 6) is -0.964. The molecular formula is C29H25ClN2O6S. The molecule has 4 aromatic rings. The maximum absolute atomic E-state index is 13.6. The molecule has 0 saturated carbocycles. The van der Waals surface area contributed by atoms with Crippen LogP contribution in [0.3, 0.4) is 0 Å². The van der Waals surface area contributed by atoms with E-state index in [1.54, 1.807) is 36.4 Å². The van der Waals surface area contributed by atoms with Crippen LogP contribution in [0.5, 0.6) is 17.2 Å². The van der Waals surface area contributed by atoms with Crippen molar-refractivity contribution in [2.24, 2.45) is 0 Å². The third kappa shape index (κ3) is 4.47. The fourth-order valence-electron chi connectivity index (χ4n) is 4.83. The lowest BCUT2D eigenvalue weighted by molar-refractivity contribution is -0.132. The van der Waals surface area contributed by atoms with Crippen molar-refractivity contribution in [2.45, 2.75) is 19.9 Å². The molecule has 1 N–H and O–H groups in total. The molecule has 0 bridgehead atoms. The first-order valence-electron chi connectivity index (χ1n) is 11.9. The number of thiazole rings is 1. The number of ketones is 1. The topological polar surface area (TPSA) is 98.2 Å². The van der Waals surface area contributed by atoms with Gasteiger partial charge in [-0.1, -0.05) is 29.0 Å². The van der Waals surface area contributed by atoms with E-state index in [0.717, 1.165) is 21.3 Å². The number of carbonyl (C=O) groups is 2. The zero-order valence-corrected chi connectivity index (χ0v) is 23.4. The molecule has 1 fully saturated rings. The van der Waals surface area contributed by atoms with Gasteiger partial charge in [-0.25, -0.2) is 4.98 Å². The summed E-state index contributed by atoms with van der Waals surface area (Å²) in [7, 11) is 4.44. The average molecular weight is 565 g/mol. The highest BCUT2D eigenvalue weighted by Gasteiger charge is 2.48. The van der Waals surface area contributed by atoms with Crippen molar-refractivity contribution in [3.63, 3.8) is 0 Å². The maximum Gasteiger partial charge on any atom is 0.301 e. The van der Waals surface area contributed by atoms with Gasteiger partial charge < -0.3 is 19.3 Å². The van der Waals surface area contributed by atoms with Crippen LogP contribution in [0.4, 0.5) is 5.13 Å². The van der Waals surface area contributed by atoms with Crippen molar-refractivity contribution < 1.29 is 28.9 Å². The Morgan fingerprint density at radius 1 is 0.974 bits per heavy atom. The number of hydrogen-bond donors (Lipinski definition) is 1. The van der Waals surface area contributed by atoms with Gasteiger partial charge in [-0.3, -0.25) is 14.5 Å². The summed E-state index contributed by atoms with van der Waals surface area (Å²) in [6.07, 6.45) is 0. The number of carbonyl (C=O) groups excluding carboxylic acids is 2. The second-order valence-electron chi connectivity index (χ2n) is 9.06. The van der Waals surface area contributed by atoms with Crippen LogP contribution in [0.1, 0.15) is 28.3 Å². The number of aryl methyl sites for hydroxylation is 2. The van der Waals surface area contributed by atoms with Gasteiger partial charge in [-0.15, -0.1) is 0 Å². The van der Waals surface area contributed by atoms with Crippen molar-refractivity contribution in [3.05, 3.63) is 81.4 Å². The summed E-state index contributed by atoms with van der Waals surface area (Å²) in [5, 5.41) is 12.2. The first-order chi connectivity index (χ1) is 18.7. The number of fused-ring (bicyclic) bond motifs is 1. The largest absolute Gasteiger partial charge is 0.507 e. The van der Waals surface area contributed by atoms with E-state index >= 15 is 0 Å². The van der Waals surface area contributed by atoms with E-state index in [9.17, 15) is 14.7 Å². The highest BCUT2D eigenvalue weighted by atomic mass is 35.5. The van der Waals surface area contributed by atoms with E-state index < -0.39 is 17.7 Å². The molecule has 10 heteroatoms. The summed E-state index contributed by atoms with van der Waals surface area (Å²) >= 11 is 7.34. The molecule has 0 spiro atoms. The number of ether oxygens (including phenoxy) is 3. The lowest BCUT2D eigenvalue weighted by Gasteiger charge is -2.24. The second-order valence-corrected chi connectivity index (χ2v) is 10.5. The molecule has 3 aromatic carbocycles. The molecule has 1 atom stereocenters. The molecule has 2 heterocycles. The van der Waals surface area contributed by atoms with Crippen molar-refractivity contribution in [2.75, 3.05) is 26.2 Å². The zero-order chi connectivity index (χ0) is 28.0. The van der Waals surface area contributed by atoms with Gasteiger partial charge in [0.15, 0.2) is 16.6 Å². The Hall–Kier alpha value is -4.08. The number of anilines is 1. The average Bonchev–Trinajstić information content (AvgIpc) is 3.46. The molecule has 39 heavy (non-hydrogen) atoms. The number of aromatic nitrogens is 1. The minimum Gasteiger partial charge on any atom is -0.507 e. The molecule has 0 unspecified atom stereocenters. The van der Waals surface area contributed by atoms with Crippen LogP contribution in [0.15, 0.2) is 54.1 Å². The SMILES string of the molecule is COc1cc([C@@H]2C(=C(O)c3ccc(Cl)cc3)C(=O)C(=O)N2c2nc3c(C)cc(C)cc3s2)cc(OC)c1OC. The Labute approximate surface area is 234 Å². The van der Waals surface area contributed by atoms with Gasteiger partial charge in [-0.05, 0) is 73.0 Å². The molecule has 5 rings (SSSR count). The molecule has 1 aliphatic rings. The van der Waals surface area contributed by atoms with E-state index in [2.05, 4.69) is 0 Å². The molecule has 1 saturated heterocycles. The molecule has 1 aliphatic heterocycles. The zero-order valence-electron chi connectivity index (χ0n) is 21.9. The first-order valence-corrected chi connectivity index (χ1v) is 13.1. The minimum absolute atomic E-state index is 0.0937. The lowest BCUT2D eigenvalue weighted by Crippen LogP contribution is -2.29. The van der Waals surface area contributed by atoms with E-state index in [4.69, 9.17) is 30.8 Å². The Bertz CT molecular complexity index is 1640. The maximum atomic E-state index is 13.6. The van der Waals surface area contributed by atoms with Crippen molar-refractivity contribution in [3.8, 4) is 17.2 Å². The summed E-state index contributed by atoms with van der Waals surface area (Å²) in [5.41, 5.74) is 3.46. The molecule has 0 aliphatic carbocycles. The van der Waals surface area contributed by atoms with Crippen LogP contribution in [-0.4, -0.2) is 43.1 Å². The van der Waals surface area contributed by atoms with Gasteiger partial charge in [0.1, 0.15) is 5.76 Å². The molecule has 200 valence electrons. The Kier molecular flexibility index (Phi) is 6.96. The molecule has 8 nitrogen and oxygen atoms in total. The van der Waals surface area contributed by atoms with Gasteiger partial charge in [0, 0.05) is 10.6 Å². The van der Waals surface area contributed by atoms with Crippen LogP contribution in [0, 0.1) is 13.8 Å². The van der Waals surface area contributed by atoms with Gasteiger partial charge in [0.25, 0.3) is 5.78 Å². The number of amides is 1. The predicted octanol–water partition coefficient (Wildman–Crippen LogP) is 6.22. The number of benzene rings is 3. The first kappa shape index (κ1) is 26.5. The third-order valence-electron chi connectivity index (χ3n) is 6.59. The standard InChI is InChI=1S/C29H25ClN2O6S/c1-14-10-15(2)23-21(11-14)39-29(31-23)32-24(17-12-19(36-3)27(38-5)20(13-17)37-4)22(26(34)28(32)35)25(33)16-6-8-18(30)9-7-16/h6-13,24,33H,1-5H3/t24-/m1/s1.